The van der Waals surface area contributed by atoms with Crippen LogP contribution >= 0.6 is 0 Å². The quantitative estimate of drug-likeness (QED) is 0.0596. The molecule has 0 saturated carbocycles. The van der Waals surface area contributed by atoms with E-state index in [1.54, 1.807) is 27.9 Å². The summed E-state index contributed by atoms with van der Waals surface area (Å²) in [5.74, 6) is -1.76. The second-order valence-corrected chi connectivity index (χ2v) is 17.5. The van der Waals surface area contributed by atoms with Gasteiger partial charge in [0.05, 0.1) is 33.5 Å². The van der Waals surface area contributed by atoms with Gasteiger partial charge in [-0.05, 0) is 67.5 Å². The van der Waals surface area contributed by atoms with E-state index in [2.05, 4.69) is 21.3 Å². The Morgan fingerprint density at radius 2 is 1.18 bits per heavy atom. The Bertz CT molecular complexity index is 2090. The summed E-state index contributed by atoms with van der Waals surface area (Å²) in [6.07, 6.45) is -3.47. The number of amides is 3. The lowest BCUT2D eigenvalue weighted by molar-refractivity contribution is -0.315. The molecular weight excluding hydrogens is 845 g/mol. The van der Waals surface area contributed by atoms with Gasteiger partial charge in [0, 0.05) is 25.8 Å². The van der Waals surface area contributed by atoms with Crippen molar-refractivity contribution in [1.29, 1.82) is 0 Å². The largest absolute Gasteiger partial charge is 0.467 e. The molecule has 0 spiro atoms. The standard InChI is InChI=1S/C51H66N4O11/c1-34(2)27-40(55-50(59)66-51(3,4)5)47(57)53-30-43(56)54-41(48(58)60-6)28-35-23-25-39(26-24-35)52-29-42-44(62-31-36-17-11-8-12-18-36)45(63-32-37-19-13-9-14-20-37)46(49(61-7)65-42)64-33-38-21-15-10-16-22-38/h8-26,34,40-42,44-46,49,52H,27-33H2,1-7H3,(H,53,57)(H,54,56)(H,55,59)/t40-,41-,42?,44?,45?,46?,49?/m0/s1. The van der Waals surface area contributed by atoms with Gasteiger partial charge in [0.15, 0.2) is 6.29 Å². The van der Waals surface area contributed by atoms with Crippen LogP contribution in [0.4, 0.5) is 10.5 Å². The Kier molecular flexibility index (Phi) is 20.0. The third-order valence-corrected chi connectivity index (χ3v) is 10.5. The second-order valence-electron chi connectivity index (χ2n) is 17.5. The normalized spacial score (nSPS) is 19.2. The van der Waals surface area contributed by atoms with E-state index in [-0.39, 0.29) is 12.3 Å². The molecule has 4 aromatic carbocycles. The van der Waals surface area contributed by atoms with E-state index in [0.717, 1.165) is 27.9 Å². The lowest BCUT2D eigenvalue weighted by Gasteiger charge is -2.45. The van der Waals surface area contributed by atoms with Gasteiger partial charge in [-0.2, -0.15) is 0 Å². The summed E-state index contributed by atoms with van der Waals surface area (Å²) in [6, 6.07) is 35.2. The van der Waals surface area contributed by atoms with Crippen LogP contribution in [0, 0.1) is 5.92 Å². The molecule has 0 bridgehead atoms. The number of hydrogen-bond acceptors (Lipinski definition) is 12. The first kappa shape index (κ1) is 51.1. The van der Waals surface area contributed by atoms with E-state index in [9.17, 15) is 19.2 Å². The van der Waals surface area contributed by atoms with Crippen LogP contribution in [0.5, 0.6) is 0 Å². The van der Waals surface area contributed by atoms with E-state index in [1.807, 2.05) is 129 Å². The van der Waals surface area contributed by atoms with Crippen LogP contribution in [-0.2, 0) is 73.8 Å². The molecule has 66 heavy (non-hydrogen) atoms. The van der Waals surface area contributed by atoms with Crippen molar-refractivity contribution >= 4 is 29.6 Å². The summed E-state index contributed by atoms with van der Waals surface area (Å²) in [5.41, 5.74) is 3.73. The molecule has 0 aromatic heterocycles. The maximum Gasteiger partial charge on any atom is 0.408 e. The van der Waals surface area contributed by atoms with Crippen LogP contribution in [0.1, 0.15) is 63.3 Å². The molecule has 1 aliphatic rings. The molecule has 15 nitrogen and oxygen atoms in total. The summed E-state index contributed by atoms with van der Waals surface area (Å²) in [6.45, 7) is 9.80. The molecular formula is C51H66N4O11. The van der Waals surface area contributed by atoms with Crippen molar-refractivity contribution in [3.05, 3.63) is 138 Å². The molecule has 1 saturated heterocycles. The summed E-state index contributed by atoms with van der Waals surface area (Å²) in [7, 11) is 2.82. The van der Waals surface area contributed by atoms with E-state index >= 15 is 0 Å². The lowest BCUT2D eigenvalue weighted by Crippen LogP contribution is -2.62. The number of nitrogens with one attached hydrogen (secondary N) is 4. The van der Waals surface area contributed by atoms with Crippen LogP contribution < -0.4 is 21.3 Å². The van der Waals surface area contributed by atoms with Gasteiger partial charge in [-0.15, -0.1) is 0 Å². The minimum absolute atomic E-state index is 0.0598. The zero-order valence-corrected chi connectivity index (χ0v) is 39.0. The summed E-state index contributed by atoms with van der Waals surface area (Å²) < 4.78 is 42.9. The van der Waals surface area contributed by atoms with Gasteiger partial charge in [-0.25, -0.2) is 9.59 Å². The van der Waals surface area contributed by atoms with Gasteiger partial charge in [0.25, 0.3) is 0 Å². The number of carbonyl (C=O) groups is 4. The topological polar surface area (TPSA) is 181 Å². The van der Waals surface area contributed by atoms with Crippen molar-refractivity contribution in [3.8, 4) is 0 Å². The number of benzene rings is 4. The molecule has 1 fully saturated rings. The van der Waals surface area contributed by atoms with Crippen molar-refractivity contribution in [3.63, 3.8) is 0 Å². The first-order valence-corrected chi connectivity index (χ1v) is 22.3. The van der Waals surface area contributed by atoms with E-state index < -0.39 is 78.8 Å². The summed E-state index contributed by atoms with van der Waals surface area (Å²) in [4.78, 5) is 51.4. The Morgan fingerprint density at radius 3 is 1.68 bits per heavy atom. The molecule has 1 heterocycles. The van der Waals surface area contributed by atoms with Crippen LogP contribution in [0.3, 0.4) is 0 Å². The molecule has 7 atom stereocenters. The number of methoxy groups -OCH3 is 2. The Labute approximate surface area is 388 Å². The molecule has 356 valence electrons. The third kappa shape index (κ3) is 16.9. The molecule has 5 rings (SSSR count). The number of carbonyl (C=O) groups excluding carboxylic acids is 4. The van der Waals surface area contributed by atoms with Crippen LogP contribution in [-0.4, -0.2) is 99.6 Å². The van der Waals surface area contributed by atoms with Crippen LogP contribution in [0.15, 0.2) is 115 Å². The minimum Gasteiger partial charge on any atom is -0.467 e. The van der Waals surface area contributed by atoms with Crippen molar-refractivity contribution in [2.75, 3.05) is 32.6 Å². The number of rotatable bonds is 23. The van der Waals surface area contributed by atoms with E-state index in [0.29, 0.717) is 32.8 Å². The fourth-order valence-corrected chi connectivity index (χ4v) is 7.34. The third-order valence-electron chi connectivity index (χ3n) is 10.5. The maximum absolute atomic E-state index is 13.1. The number of anilines is 1. The first-order valence-electron chi connectivity index (χ1n) is 22.3. The highest BCUT2D eigenvalue weighted by Crippen LogP contribution is 2.31. The molecule has 4 aromatic rings. The number of ether oxygens (including phenoxy) is 7. The zero-order valence-electron chi connectivity index (χ0n) is 39.0. The molecule has 0 aliphatic carbocycles. The predicted octanol–water partition coefficient (Wildman–Crippen LogP) is 6.48. The van der Waals surface area contributed by atoms with Crippen LogP contribution in [0.2, 0.25) is 0 Å². The monoisotopic (exact) mass is 910 g/mol. The predicted molar refractivity (Wildman–Crippen MR) is 249 cm³/mol. The summed E-state index contributed by atoms with van der Waals surface area (Å²) >= 11 is 0. The minimum atomic E-state index is -1.04. The van der Waals surface area contributed by atoms with Gasteiger partial charge in [0.2, 0.25) is 11.8 Å². The van der Waals surface area contributed by atoms with Crippen molar-refractivity contribution < 1.29 is 52.3 Å². The molecule has 15 heteroatoms. The first-order chi connectivity index (χ1) is 31.7. The fourth-order valence-electron chi connectivity index (χ4n) is 7.34. The van der Waals surface area contributed by atoms with Crippen molar-refractivity contribution in [2.24, 2.45) is 5.92 Å². The van der Waals surface area contributed by atoms with E-state index in [4.69, 9.17) is 33.2 Å². The van der Waals surface area contributed by atoms with Gasteiger partial charge >= 0.3 is 12.1 Å². The maximum atomic E-state index is 13.1. The summed E-state index contributed by atoms with van der Waals surface area (Å²) in [5, 5.41) is 11.3. The van der Waals surface area contributed by atoms with Gasteiger partial charge in [-0.3, -0.25) is 9.59 Å². The molecule has 0 radical (unpaired) electrons. The van der Waals surface area contributed by atoms with Crippen molar-refractivity contribution in [2.45, 2.75) is 116 Å². The smallest absolute Gasteiger partial charge is 0.408 e. The van der Waals surface area contributed by atoms with Crippen LogP contribution in [0.25, 0.3) is 0 Å². The zero-order chi connectivity index (χ0) is 47.5. The number of esters is 1. The number of alkyl carbamates (subject to hydrolysis) is 1. The Morgan fingerprint density at radius 1 is 0.652 bits per heavy atom. The second kappa shape index (κ2) is 25.7. The molecule has 3 amide bonds. The van der Waals surface area contributed by atoms with E-state index in [1.165, 1.54) is 7.11 Å². The molecule has 4 N–H and O–H groups in total. The molecule has 5 unspecified atom stereocenters. The average molecular weight is 911 g/mol. The molecule has 1 aliphatic heterocycles. The SMILES string of the molecule is COC(=O)[C@H](Cc1ccc(NCC2OC(OC)C(OCc3ccccc3)C(OCc3ccccc3)C2OCc2ccccc2)cc1)NC(=O)CNC(=O)[C@H](CC(C)C)NC(=O)OC(C)(C)C. The highest BCUT2D eigenvalue weighted by molar-refractivity contribution is 5.91. The van der Waals surface area contributed by atoms with Crippen molar-refractivity contribution in [1.82, 2.24) is 16.0 Å². The Balaban J connectivity index is 1.25. The highest BCUT2D eigenvalue weighted by Gasteiger charge is 2.48. The average Bonchev–Trinajstić information content (AvgIpc) is 3.30. The highest BCUT2D eigenvalue weighted by atomic mass is 16.7. The van der Waals surface area contributed by atoms with Gasteiger partial charge < -0.3 is 54.4 Å². The fraction of sp³-hybridized carbons (Fsp3) is 0.451. The lowest BCUT2D eigenvalue weighted by atomic mass is 9.97. The van der Waals surface area contributed by atoms with Gasteiger partial charge in [-0.1, -0.05) is 117 Å². The van der Waals surface area contributed by atoms with Gasteiger partial charge in [0.1, 0.15) is 42.1 Å². The number of hydrogen-bond donors (Lipinski definition) is 4. The Hall–Kier alpha value is -5.84.